The number of amides is 1. The Balaban J connectivity index is 2.59. The van der Waals surface area contributed by atoms with Crippen LogP contribution >= 0.6 is 15.9 Å². The van der Waals surface area contributed by atoms with Crippen LogP contribution in [0.3, 0.4) is 0 Å². The zero-order valence-corrected chi connectivity index (χ0v) is 9.99. The molecule has 0 heterocycles. The van der Waals surface area contributed by atoms with Crippen molar-refractivity contribution in [1.82, 2.24) is 4.90 Å². The lowest BCUT2D eigenvalue weighted by molar-refractivity contribution is -0.128. The highest BCUT2D eigenvalue weighted by molar-refractivity contribution is 9.10. The second-order valence-corrected chi connectivity index (χ2v) is 4.13. The molecule has 1 rings (SSSR count). The van der Waals surface area contributed by atoms with Crippen LogP contribution in [-0.2, 0) is 11.2 Å². The summed E-state index contributed by atoms with van der Waals surface area (Å²) in [4.78, 5) is 13.0. The normalized spacial score (nSPS) is 9.40. The van der Waals surface area contributed by atoms with E-state index in [2.05, 4.69) is 15.9 Å². The lowest BCUT2D eigenvalue weighted by Crippen LogP contribution is -2.28. The van der Waals surface area contributed by atoms with Crippen molar-refractivity contribution in [2.24, 2.45) is 0 Å². The fraction of sp³-hybridized carbons (Fsp3) is 0.273. The monoisotopic (exact) mass is 266 g/mol. The Hall–Kier alpha value is -1.34. The average Bonchev–Trinajstić information content (AvgIpc) is 2.22. The first-order valence-corrected chi connectivity index (χ1v) is 5.28. The summed E-state index contributed by atoms with van der Waals surface area (Å²) < 4.78 is 0.990. The van der Waals surface area contributed by atoms with Crippen molar-refractivity contribution in [3.8, 4) is 6.07 Å². The van der Waals surface area contributed by atoms with Crippen molar-refractivity contribution in [1.29, 1.82) is 5.26 Å². The molecule has 0 aliphatic rings. The molecule has 0 aromatic heterocycles. The number of rotatable bonds is 3. The number of nitriles is 1. The number of hydrogen-bond donors (Lipinski definition) is 0. The van der Waals surface area contributed by atoms with Crippen molar-refractivity contribution in [2.45, 2.75) is 6.42 Å². The second-order valence-electron chi connectivity index (χ2n) is 3.21. The van der Waals surface area contributed by atoms with Crippen LogP contribution in [0.2, 0.25) is 0 Å². The highest BCUT2D eigenvalue weighted by Gasteiger charge is 2.08. The molecule has 0 spiro atoms. The lowest BCUT2D eigenvalue weighted by atomic mass is 10.1. The largest absolute Gasteiger partial charge is 0.332 e. The van der Waals surface area contributed by atoms with Gasteiger partial charge in [0.2, 0.25) is 5.91 Å². The highest BCUT2D eigenvalue weighted by atomic mass is 79.9. The van der Waals surface area contributed by atoms with Crippen molar-refractivity contribution in [3.63, 3.8) is 0 Å². The smallest absolute Gasteiger partial charge is 0.227 e. The zero-order chi connectivity index (χ0) is 11.3. The number of nitrogens with zero attached hydrogens (tertiary/aromatic N) is 2. The van der Waals surface area contributed by atoms with E-state index in [4.69, 9.17) is 5.26 Å². The third-order valence-electron chi connectivity index (χ3n) is 2.00. The number of halogens is 1. The maximum absolute atomic E-state index is 11.6. The van der Waals surface area contributed by atoms with E-state index in [-0.39, 0.29) is 12.5 Å². The topological polar surface area (TPSA) is 44.1 Å². The maximum atomic E-state index is 11.6. The molecule has 78 valence electrons. The highest BCUT2D eigenvalue weighted by Crippen LogP contribution is 2.11. The van der Waals surface area contributed by atoms with Crippen molar-refractivity contribution >= 4 is 21.8 Å². The van der Waals surface area contributed by atoms with E-state index < -0.39 is 0 Å². The van der Waals surface area contributed by atoms with Gasteiger partial charge in [0, 0.05) is 11.5 Å². The van der Waals surface area contributed by atoms with Crippen molar-refractivity contribution in [2.75, 3.05) is 13.6 Å². The molecule has 1 aromatic rings. The Morgan fingerprint density at radius 3 is 2.60 bits per heavy atom. The third-order valence-corrected chi connectivity index (χ3v) is 2.53. The molecule has 0 saturated heterocycles. The molecule has 3 nitrogen and oxygen atoms in total. The molecule has 1 amide bonds. The van der Waals surface area contributed by atoms with E-state index in [1.165, 1.54) is 4.90 Å². The molecule has 0 fully saturated rings. The van der Waals surface area contributed by atoms with Crippen LogP contribution < -0.4 is 0 Å². The minimum Gasteiger partial charge on any atom is -0.332 e. The van der Waals surface area contributed by atoms with Gasteiger partial charge in [0.25, 0.3) is 0 Å². The van der Waals surface area contributed by atoms with Gasteiger partial charge < -0.3 is 4.90 Å². The molecular formula is C11H11BrN2O. The first-order valence-electron chi connectivity index (χ1n) is 4.49. The van der Waals surface area contributed by atoms with Gasteiger partial charge in [-0.3, -0.25) is 4.79 Å². The predicted molar refractivity (Wildman–Crippen MR) is 61.1 cm³/mol. The Kier molecular flexibility index (Phi) is 4.32. The fourth-order valence-electron chi connectivity index (χ4n) is 1.11. The van der Waals surface area contributed by atoms with Gasteiger partial charge in [0.05, 0.1) is 12.5 Å². The van der Waals surface area contributed by atoms with E-state index in [1.807, 2.05) is 30.3 Å². The maximum Gasteiger partial charge on any atom is 0.227 e. The fourth-order valence-corrected chi connectivity index (χ4v) is 1.37. The Morgan fingerprint density at radius 2 is 2.07 bits per heavy atom. The van der Waals surface area contributed by atoms with Gasteiger partial charge in [-0.15, -0.1) is 0 Å². The number of likely N-dealkylation sites (N-methyl/N-ethyl adjacent to an activating group) is 1. The quantitative estimate of drug-likeness (QED) is 0.786. The standard InChI is InChI=1S/C11H11BrN2O/c1-14(7-6-13)11(15)8-9-2-4-10(12)5-3-9/h2-5H,7-8H2,1H3. The Bertz CT molecular complexity index is 381. The molecule has 0 N–H and O–H groups in total. The predicted octanol–water partition coefficient (Wildman–Crippen LogP) is 1.97. The van der Waals surface area contributed by atoms with Crippen LogP contribution in [0.25, 0.3) is 0 Å². The summed E-state index contributed by atoms with van der Waals surface area (Å²) in [6.45, 7) is 0.134. The molecule has 0 saturated carbocycles. The summed E-state index contributed by atoms with van der Waals surface area (Å²) in [5.41, 5.74) is 0.952. The van der Waals surface area contributed by atoms with Crippen LogP contribution in [0, 0.1) is 11.3 Å². The summed E-state index contributed by atoms with van der Waals surface area (Å²) in [7, 11) is 1.63. The third kappa shape index (κ3) is 3.72. The molecule has 0 aliphatic carbocycles. The SMILES string of the molecule is CN(CC#N)C(=O)Cc1ccc(Br)cc1. The summed E-state index contributed by atoms with van der Waals surface area (Å²) >= 11 is 3.33. The number of benzene rings is 1. The minimum absolute atomic E-state index is 0.0427. The first-order chi connectivity index (χ1) is 7.13. The molecule has 0 bridgehead atoms. The Morgan fingerprint density at radius 1 is 1.47 bits per heavy atom. The average molecular weight is 267 g/mol. The van der Waals surface area contributed by atoms with Gasteiger partial charge >= 0.3 is 0 Å². The van der Waals surface area contributed by atoms with E-state index >= 15 is 0 Å². The lowest BCUT2D eigenvalue weighted by Gasteiger charge is -2.12. The zero-order valence-electron chi connectivity index (χ0n) is 8.40. The molecular weight excluding hydrogens is 256 g/mol. The molecule has 15 heavy (non-hydrogen) atoms. The van der Waals surface area contributed by atoms with E-state index in [0.29, 0.717) is 6.42 Å². The van der Waals surface area contributed by atoms with Crippen molar-refractivity contribution in [3.05, 3.63) is 34.3 Å². The van der Waals surface area contributed by atoms with E-state index in [1.54, 1.807) is 7.05 Å². The summed E-state index contributed by atoms with van der Waals surface area (Å²) in [5, 5.41) is 8.44. The van der Waals surface area contributed by atoms with Gasteiger partial charge in [-0.05, 0) is 17.7 Å². The first kappa shape index (κ1) is 11.7. The number of carbonyl (C=O) groups is 1. The van der Waals surface area contributed by atoms with Crippen molar-refractivity contribution < 1.29 is 4.79 Å². The van der Waals surface area contributed by atoms with Gasteiger partial charge in [0.15, 0.2) is 0 Å². The minimum atomic E-state index is -0.0427. The summed E-state index contributed by atoms with van der Waals surface area (Å²) in [6, 6.07) is 9.51. The van der Waals surface area contributed by atoms with Gasteiger partial charge in [-0.25, -0.2) is 0 Å². The Labute approximate surface area is 97.4 Å². The van der Waals surface area contributed by atoms with Crippen LogP contribution in [0.15, 0.2) is 28.7 Å². The molecule has 0 aliphatic heterocycles. The van der Waals surface area contributed by atoms with Gasteiger partial charge in [-0.2, -0.15) is 5.26 Å². The van der Waals surface area contributed by atoms with Gasteiger partial charge in [0.1, 0.15) is 6.54 Å². The van der Waals surface area contributed by atoms with Crippen LogP contribution in [-0.4, -0.2) is 24.4 Å². The summed E-state index contributed by atoms with van der Waals surface area (Å²) in [5.74, 6) is -0.0427. The van der Waals surface area contributed by atoms with Crippen LogP contribution in [0.4, 0.5) is 0 Å². The number of hydrogen-bond acceptors (Lipinski definition) is 2. The molecule has 0 radical (unpaired) electrons. The number of carbonyl (C=O) groups excluding carboxylic acids is 1. The van der Waals surface area contributed by atoms with Crippen LogP contribution in [0.5, 0.6) is 0 Å². The molecule has 0 unspecified atom stereocenters. The molecule has 0 atom stereocenters. The van der Waals surface area contributed by atoms with E-state index in [9.17, 15) is 4.79 Å². The summed E-state index contributed by atoms with van der Waals surface area (Å²) in [6.07, 6.45) is 0.339. The molecule has 4 heteroatoms. The second kappa shape index (κ2) is 5.52. The molecule has 1 aromatic carbocycles. The van der Waals surface area contributed by atoms with E-state index in [0.717, 1.165) is 10.0 Å². The van der Waals surface area contributed by atoms with Gasteiger partial charge in [-0.1, -0.05) is 28.1 Å². The van der Waals surface area contributed by atoms with Crippen LogP contribution in [0.1, 0.15) is 5.56 Å².